The van der Waals surface area contributed by atoms with E-state index in [4.69, 9.17) is 5.73 Å². The monoisotopic (exact) mass is 188 g/mol. The Balaban J connectivity index is 2.23. The normalized spacial score (nSPS) is 19.2. The van der Waals surface area contributed by atoms with E-state index in [1.54, 1.807) is 6.20 Å². The molecule has 0 fully saturated rings. The molecule has 0 bridgehead atoms. The number of nitrogens with two attached hydrogens (primary N) is 1. The van der Waals surface area contributed by atoms with Crippen molar-refractivity contribution in [3.63, 3.8) is 0 Å². The zero-order chi connectivity index (χ0) is 10.1. The molecule has 14 heavy (non-hydrogen) atoms. The van der Waals surface area contributed by atoms with Crippen molar-refractivity contribution in [3.05, 3.63) is 35.1 Å². The number of amides is 1. The van der Waals surface area contributed by atoms with Gasteiger partial charge in [-0.15, -0.1) is 0 Å². The van der Waals surface area contributed by atoms with Crippen LogP contribution < -0.4 is 5.73 Å². The van der Waals surface area contributed by atoms with E-state index in [1.165, 1.54) is 5.57 Å². The first kappa shape index (κ1) is 8.94. The number of rotatable bonds is 2. The van der Waals surface area contributed by atoms with Crippen LogP contribution in [0.1, 0.15) is 19.8 Å². The summed E-state index contributed by atoms with van der Waals surface area (Å²) >= 11 is 0. The SMILES string of the molecule is CC1=CC=C2C(CC(N)=O)=CN=C2C1. The summed E-state index contributed by atoms with van der Waals surface area (Å²) in [5.41, 5.74) is 9.52. The summed E-state index contributed by atoms with van der Waals surface area (Å²) in [5.74, 6) is -0.306. The van der Waals surface area contributed by atoms with Crippen molar-refractivity contribution in [1.82, 2.24) is 0 Å². The number of nitrogens with zero attached hydrogens (tertiary/aromatic N) is 1. The molecular weight excluding hydrogens is 176 g/mol. The van der Waals surface area contributed by atoms with Crippen LogP contribution in [0.15, 0.2) is 40.1 Å². The molecule has 1 aliphatic carbocycles. The van der Waals surface area contributed by atoms with Crippen LogP contribution in [-0.2, 0) is 4.79 Å². The largest absolute Gasteiger partial charge is 0.369 e. The lowest BCUT2D eigenvalue weighted by molar-refractivity contribution is -0.117. The van der Waals surface area contributed by atoms with E-state index >= 15 is 0 Å². The fourth-order valence-electron chi connectivity index (χ4n) is 1.70. The van der Waals surface area contributed by atoms with Crippen LogP contribution in [0.2, 0.25) is 0 Å². The second-order valence-electron chi connectivity index (χ2n) is 3.64. The van der Waals surface area contributed by atoms with Crippen molar-refractivity contribution in [3.8, 4) is 0 Å². The highest BCUT2D eigenvalue weighted by molar-refractivity contribution is 6.09. The van der Waals surface area contributed by atoms with Gasteiger partial charge in [0, 0.05) is 18.2 Å². The molecule has 1 aliphatic heterocycles. The molecule has 3 nitrogen and oxygen atoms in total. The number of hydrogen-bond acceptors (Lipinski definition) is 2. The lowest BCUT2D eigenvalue weighted by Gasteiger charge is -2.11. The van der Waals surface area contributed by atoms with Crippen LogP contribution in [0.25, 0.3) is 0 Å². The van der Waals surface area contributed by atoms with E-state index in [9.17, 15) is 4.79 Å². The van der Waals surface area contributed by atoms with Gasteiger partial charge in [-0.3, -0.25) is 9.79 Å². The van der Waals surface area contributed by atoms with Gasteiger partial charge >= 0.3 is 0 Å². The van der Waals surface area contributed by atoms with Gasteiger partial charge < -0.3 is 5.73 Å². The topological polar surface area (TPSA) is 55.5 Å². The molecule has 3 heteroatoms. The summed E-state index contributed by atoms with van der Waals surface area (Å²) in [6.07, 6.45) is 6.99. The van der Waals surface area contributed by atoms with Crippen LogP contribution in [0.5, 0.6) is 0 Å². The van der Waals surface area contributed by atoms with Crippen molar-refractivity contribution in [2.75, 3.05) is 0 Å². The number of aliphatic imine (C=N–C) groups is 1. The molecule has 72 valence electrons. The van der Waals surface area contributed by atoms with E-state index in [2.05, 4.69) is 18.0 Å². The molecule has 0 aromatic rings. The summed E-state index contributed by atoms with van der Waals surface area (Å²) in [5, 5.41) is 0. The average Bonchev–Trinajstić information content (AvgIpc) is 2.47. The zero-order valence-corrected chi connectivity index (χ0v) is 8.08. The minimum atomic E-state index is -0.306. The number of carbonyl (C=O) groups excluding carboxylic acids is 1. The molecule has 0 unspecified atom stereocenters. The quantitative estimate of drug-likeness (QED) is 0.701. The van der Waals surface area contributed by atoms with E-state index in [-0.39, 0.29) is 12.3 Å². The smallest absolute Gasteiger partial charge is 0.221 e. The molecule has 0 aromatic heterocycles. The molecule has 0 saturated heterocycles. The standard InChI is InChI=1S/C11H12N2O/c1-7-2-3-9-8(5-11(12)14)6-13-10(9)4-7/h2-3,6H,4-5H2,1H3,(H2,12,14). The van der Waals surface area contributed by atoms with Crippen molar-refractivity contribution < 1.29 is 4.79 Å². The van der Waals surface area contributed by atoms with Crippen LogP contribution in [-0.4, -0.2) is 11.6 Å². The van der Waals surface area contributed by atoms with Crippen molar-refractivity contribution in [1.29, 1.82) is 0 Å². The van der Waals surface area contributed by atoms with Crippen molar-refractivity contribution >= 4 is 11.6 Å². The van der Waals surface area contributed by atoms with Gasteiger partial charge in [0.1, 0.15) is 0 Å². The maximum absolute atomic E-state index is 10.8. The van der Waals surface area contributed by atoms with Crippen molar-refractivity contribution in [2.24, 2.45) is 10.7 Å². The van der Waals surface area contributed by atoms with Gasteiger partial charge in [-0.25, -0.2) is 0 Å². The molecule has 0 saturated carbocycles. The van der Waals surface area contributed by atoms with Crippen LogP contribution in [0.4, 0.5) is 0 Å². The molecule has 1 amide bonds. The van der Waals surface area contributed by atoms with E-state index in [0.717, 1.165) is 23.3 Å². The number of hydrogen-bond donors (Lipinski definition) is 1. The highest BCUT2D eigenvalue weighted by Gasteiger charge is 2.20. The Morgan fingerprint density at radius 1 is 1.57 bits per heavy atom. The molecular formula is C11H12N2O. The Labute approximate surface area is 82.7 Å². The predicted octanol–water partition coefficient (Wildman–Crippen LogP) is 1.48. The van der Waals surface area contributed by atoms with Gasteiger partial charge in [0.2, 0.25) is 5.91 Å². The molecule has 0 spiro atoms. The summed E-state index contributed by atoms with van der Waals surface area (Å²) in [6, 6.07) is 0. The Morgan fingerprint density at radius 2 is 2.36 bits per heavy atom. The summed E-state index contributed by atoms with van der Waals surface area (Å²) < 4.78 is 0. The fourth-order valence-corrected chi connectivity index (χ4v) is 1.70. The lowest BCUT2D eigenvalue weighted by atomic mass is 9.92. The number of fused-ring (bicyclic) bond motifs is 1. The predicted molar refractivity (Wildman–Crippen MR) is 55.8 cm³/mol. The first-order valence-corrected chi connectivity index (χ1v) is 4.59. The highest BCUT2D eigenvalue weighted by atomic mass is 16.1. The fraction of sp³-hybridized carbons (Fsp3) is 0.273. The maximum atomic E-state index is 10.8. The van der Waals surface area contributed by atoms with Gasteiger partial charge in [0.05, 0.1) is 12.1 Å². The summed E-state index contributed by atoms with van der Waals surface area (Å²) in [7, 11) is 0. The third-order valence-electron chi connectivity index (χ3n) is 2.38. The van der Waals surface area contributed by atoms with Crippen LogP contribution in [0, 0.1) is 0 Å². The summed E-state index contributed by atoms with van der Waals surface area (Å²) in [4.78, 5) is 15.1. The number of carbonyl (C=O) groups is 1. The highest BCUT2D eigenvalue weighted by Crippen LogP contribution is 2.28. The summed E-state index contributed by atoms with van der Waals surface area (Å²) in [6.45, 7) is 2.07. The second-order valence-corrected chi connectivity index (χ2v) is 3.64. The van der Waals surface area contributed by atoms with Gasteiger partial charge in [-0.1, -0.05) is 17.7 Å². The Bertz CT molecular complexity index is 411. The van der Waals surface area contributed by atoms with Crippen LogP contribution >= 0.6 is 0 Å². The van der Waals surface area contributed by atoms with E-state index in [1.807, 2.05) is 6.08 Å². The average molecular weight is 188 g/mol. The minimum Gasteiger partial charge on any atom is -0.369 e. The molecule has 0 aromatic carbocycles. The Morgan fingerprint density at radius 3 is 3.07 bits per heavy atom. The molecule has 2 rings (SSSR count). The first-order chi connectivity index (χ1) is 6.66. The second kappa shape index (κ2) is 3.25. The molecule has 2 N–H and O–H groups in total. The van der Waals surface area contributed by atoms with E-state index < -0.39 is 0 Å². The van der Waals surface area contributed by atoms with Gasteiger partial charge in [-0.05, 0) is 12.5 Å². The van der Waals surface area contributed by atoms with Gasteiger partial charge in [-0.2, -0.15) is 0 Å². The zero-order valence-electron chi connectivity index (χ0n) is 8.08. The number of allylic oxidation sites excluding steroid dienone is 4. The third-order valence-corrected chi connectivity index (χ3v) is 2.38. The van der Waals surface area contributed by atoms with E-state index in [0.29, 0.717) is 0 Å². The Hall–Kier alpha value is -1.64. The third kappa shape index (κ3) is 1.53. The number of primary amides is 1. The minimum absolute atomic E-state index is 0.283. The molecule has 1 heterocycles. The van der Waals surface area contributed by atoms with Gasteiger partial charge in [0.25, 0.3) is 0 Å². The molecule has 0 atom stereocenters. The van der Waals surface area contributed by atoms with Gasteiger partial charge in [0.15, 0.2) is 0 Å². The Kier molecular flexibility index (Phi) is 2.08. The maximum Gasteiger partial charge on any atom is 0.221 e. The molecule has 0 radical (unpaired) electrons. The van der Waals surface area contributed by atoms with Crippen LogP contribution in [0.3, 0.4) is 0 Å². The first-order valence-electron chi connectivity index (χ1n) is 4.59. The molecule has 2 aliphatic rings. The lowest BCUT2D eigenvalue weighted by Crippen LogP contribution is -2.13. The van der Waals surface area contributed by atoms with Crippen molar-refractivity contribution in [2.45, 2.75) is 19.8 Å².